The lowest BCUT2D eigenvalue weighted by molar-refractivity contribution is -0.118. The van der Waals surface area contributed by atoms with Gasteiger partial charge in [0.05, 0.1) is 22.6 Å². The zero-order chi connectivity index (χ0) is 24.6. The highest BCUT2D eigenvalue weighted by atomic mass is 32.2. The molecule has 0 spiro atoms. The molecule has 2 heterocycles. The van der Waals surface area contributed by atoms with Gasteiger partial charge in [-0.25, -0.2) is 18.1 Å². The number of benzene rings is 2. The number of pyridine rings is 1. The Morgan fingerprint density at radius 1 is 1.09 bits per heavy atom. The molecule has 1 amide bonds. The molecule has 1 saturated carbocycles. The summed E-state index contributed by atoms with van der Waals surface area (Å²) in [5, 5.41) is 12.0. The normalized spacial score (nSPS) is 16.5. The molecule has 35 heavy (non-hydrogen) atoms. The number of carbonyl (C=O) groups excluding carboxylic acids is 1. The highest BCUT2D eigenvalue weighted by Crippen LogP contribution is 2.51. The van der Waals surface area contributed by atoms with Crippen LogP contribution in [0.2, 0.25) is 0 Å². The van der Waals surface area contributed by atoms with Gasteiger partial charge in [0.2, 0.25) is 22.7 Å². The number of hydrogen-bond donors (Lipinski definition) is 3. The van der Waals surface area contributed by atoms with Crippen LogP contribution in [0.1, 0.15) is 25.3 Å². The number of amides is 1. The molecule has 1 fully saturated rings. The predicted molar refractivity (Wildman–Crippen MR) is 129 cm³/mol. The lowest BCUT2D eigenvalue weighted by Crippen LogP contribution is -2.34. The van der Waals surface area contributed by atoms with Crippen molar-refractivity contribution in [2.24, 2.45) is 0 Å². The molecule has 10 heteroatoms. The monoisotopic (exact) mass is 495 g/mol. The second kappa shape index (κ2) is 8.95. The Kier molecular flexibility index (Phi) is 5.96. The van der Waals surface area contributed by atoms with Crippen LogP contribution in [0.4, 0.5) is 5.82 Å². The Bertz CT molecular complexity index is 1370. The largest absolute Gasteiger partial charge is 0.454 e. The smallest absolute Gasteiger partial charge is 0.240 e. The maximum absolute atomic E-state index is 13.2. The van der Waals surface area contributed by atoms with Gasteiger partial charge in [-0.2, -0.15) is 0 Å². The number of aromatic nitrogens is 1. The number of carbonyl (C=O) groups is 1. The molecule has 2 aromatic carbocycles. The molecule has 1 aliphatic heterocycles. The SMILES string of the molecule is C[C@H](CO)NS(=O)(=O)c1ccc(-c2cccc(NC(=O)C3(c4ccc5c(c4)OCO5)CC3)n2)cc1. The third-order valence-corrected chi connectivity index (χ3v) is 7.80. The Morgan fingerprint density at radius 3 is 2.54 bits per heavy atom. The predicted octanol–water partition coefficient (Wildman–Crippen LogP) is 2.81. The van der Waals surface area contributed by atoms with E-state index in [1.165, 1.54) is 12.1 Å². The van der Waals surface area contributed by atoms with Gasteiger partial charge < -0.3 is 19.9 Å². The van der Waals surface area contributed by atoms with E-state index in [1.54, 1.807) is 37.3 Å². The molecule has 1 aliphatic carbocycles. The number of nitrogens with one attached hydrogen (secondary N) is 2. The number of aliphatic hydroxyl groups is 1. The number of rotatable bonds is 8. The van der Waals surface area contributed by atoms with Crippen molar-refractivity contribution in [1.82, 2.24) is 9.71 Å². The van der Waals surface area contributed by atoms with Gasteiger partial charge in [-0.1, -0.05) is 24.3 Å². The van der Waals surface area contributed by atoms with Gasteiger partial charge >= 0.3 is 0 Å². The van der Waals surface area contributed by atoms with E-state index >= 15 is 0 Å². The second-order valence-electron chi connectivity index (χ2n) is 8.74. The quantitative estimate of drug-likeness (QED) is 0.439. The fraction of sp³-hybridized carbons (Fsp3) is 0.280. The van der Waals surface area contributed by atoms with Gasteiger partial charge in [-0.15, -0.1) is 0 Å². The van der Waals surface area contributed by atoms with Crippen molar-refractivity contribution in [3.8, 4) is 22.8 Å². The molecule has 1 atom stereocenters. The van der Waals surface area contributed by atoms with Crippen LogP contribution < -0.4 is 19.5 Å². The summed E-state index contributed by atoms with van der Waals surface area (Å²) in [6, 6.07) is 16.6. The van der Waals surface area contributed by atoms with Crippen molar-refractivity contribution >= 4 is 21.7 Å². The Hall–Kier alpha value is -3.47. The third kappa shape index (κ3) is 4.60. The molecule has 9 nitrogen and oxygen atoms in total. The van der Waals surface area contributed by atoms with E-state index in [4.69, 9.17) is 14.6 Å². The number of aliphatic hydroxyl groups excluding tert-OH is 1. The van der Waals surface area contributed by atoms with Gasteiger partial charge in [0.15, 0.2) is 11.5 Å². The Morgan fingerprint density at radius 2 is 1.83 bits per heavy atom. The van der Waals surface area contributed by atoms with Crippen LogP contribution in [0.3, 0.4) is 0 Å². The van der Waals surface area contributed by atoms with Crippen LogP contribution in [0.15, 0.2) is 65.6 Å². The molecule has 0 saturated heterocycles. The number of anilines is 1. The number of ether oxygens (including phenoxy) is 2. The van der Waals surface area contributed by atoms with E-state index in [2.05, 4.69) is 15.0 Å². The summed E-state index contributed by atoms with van der Waals surface area (Å²) in [6.07, 6.45) is 1.47. The fourth-order valence-corrected chi connectivity index (χ4v) is 5.28. The third-order valence-electron chi connectivity index (χ3n) is 6.19. The molecule has 2 aliphatic rings. The van der Waals surface area contributed by atoms with Crippen molar-refractivity contribution in [1.29, 1.82) is 0 Å². The van der Waals surface area contributed by atoms with Crippen LogP contribution in [0.5, 0.6) is 11.5 Å². The van der Waals surface area contributed by atoms with Gasteiger partial charge in [-0.3, -0.25) is 4.79 Å². The minimum absolute atomic E-state index is 0.0883. The van der Waals surface area contributed by atoms with Crippen LogP contribution >= 0.6 is 0 Å². The maximum atomic E-state index is 13.2. The summed E-state index contributed by atoms with van der Waals surface area (Å²) in [5.41, 5.74) is 1.56. The first kappa shape index (κ1) is 23.3. The van der Waals surface area contributed by atoms with E-state index in [0.29, 0.717) is 28.6 Å². The van der Waals surface area contributed by atoms with Gasteiger partial charge in [0.1, 0.15) is 5.82 Å². The molecule has 3 aromatic rings. The van der Waals surface area contributed by atoms with E-state index in [-0.39, 0.29) is 24.2 Å². The van der Waals surface area contributed by atoms with Gasteiger partial charge in [0.25, 0.3) is 0 Å². The van der Waals surface area contributed by atoms with Gasteiger partial charge in [0, 0.05) is 11.6 Å². The molecular formula is C25H25N3O6S. The van der Waals surface area contributed by atoms with E-state index in [0.717, 1.165) is 18.4 Å². The number of nitrogens with zero attached hydrogens (tertiary/aromatic N) is 1. The van der Waals surface area contributed by atoms with Crippen LogP contribution in [-0.4, -0.2) is 43.9 Å². The molecule has 3 N–H and O–H groups in total. The minimum Gasteiger partial charge on any atom is -0.454 e. The Balaban J connectivity index is 1.32. The summed E-state index contributed by atoms with van der Waals surface area (Å²) < 4.78 is 38.0. The van der Waals surface area contributed by atoms with E-state index in [1.807, 2.05) is 18.2 Å². The summed E-state index contributed by atoms with van der Waals surface area (Å²) in [4.78, 5) is 17.8. The Labute approximate surface area is 203 Å². The zero-order valence-corrected chi connectivity index (χ0v) is 19.8. The lowest BCUT2D eigenvalue weighted by atomic mass is 9.94. The van der Waals surface area contributed by atoms with Crippen molar-refractivity contribution in [2.75, 3.05) is 18.7 Å². The fourth-order valence-electron chi connectivity index (χ4n) is 4.04. The minimum atomic E-state index is -3.74. The number of fused-ring (bicyclic) bond motifs is 1. The molecule has 0 unspecified atom stereocenters. The first-order chi connectivity index (χ1) is 16.8. The standard InChI is InChI=1S/C25H25N3O6S/c1-16(14-29)28-35(31,32)19-8-5-17(6-9-19)20-3-2-4-23(26-20)27-24(30)25(11-12-25)18-7-10-21-22(13-18)34-15-33-21/h2-10,13,16,28-29H,11-12,14-15H2,1H3,(H,26,27,30)/t16-/m1/s1. The average molecular weight is 496 g/mol. The zero-order valence-electron chi connectivity index (χ0n) is 19.0. The topological polar surface area (TPSA) is 127 Å². The summed E-state index contributed by atoms with van der Waals surface area (Å²) in [5.74, 6) is 1.60. The molecule has 5 rings (SSSR count). The molecule has 182 valence electrons. The van der Waals surface area contributed by atoms with E-state index in [9.17, 15) is 13.2 Å². The second-order valence-corrected chi connectivity index (χ2v) is 10.5. The molecule has 0 bridgehead atoms. The highest BCUT2D eigenvalue weighted by Gasteiger charge is 2.51. The molecular weight excluding hydrogens is 470 g/mol. The van der Waals surface area contributed by atoms with Crippen molar-refractivity contribution in [2.45, 2.75) is 36.1 Å². The van der Waals surface area contributed by atoms with Crippen LogP contribution in [0.25, 0.3) is 11.3 Å². The van der Waals surface area contributed by atoms with Crippen LogP contribution in [0, 0.1) is 0 Å². The first-order valence-electron chi connectivity index (χ1n) is 11.2. The van der Waals surface area contributed by atoms with Gasteiger partial charge in [-0.05, 0) is 61.7 Å². The first-order valence-corrected chi connectivity index (χ1v) is 12.7. The molecule has 1 aromatic heterocycles. The number of hydrogen-bond acceptors (Lipinski definition) is 7. The average Bonchev–Trinajstić information content (AvgIpc) is 3.55. The maximum Gasteiger partial charge on any atom is 0.240 e. The van der Waals surface area contributed by atoms with E-state index < -0.39 is 21.5 Å². The number of sulfonamides is 1. The summed E-state index contributed by atoms with van der Waals surface area (Å²) in [6.45, 7) is 1.46. The van der Waals surface area contributed by atoms with Crippen LogP contribution in [-0.2, 0) is 20.2 Å². The molecule has 0 radical (unpaired) electrons. The summed E-state index contributed by atoms with van der Waals surface area (Å²) >= 11 is 0. The lowest BCUT2D eigenvalue weighted by Gasteiger charge is -2.16. The van der Waals surface area contributed by atoms with Crippen molar-refractivity contribution in [3.63, 3.8) is 0 Å². The van der Waals surface area contributed by atoms with Crippen molar-refractivity contribution < 1.29 is 27.8 Å². The van der Waals surface area contributed by atoms with Crippen molar-refractivity contribution in [3.05, 3.63) is 66.2 Å². The highest BCUT2D eigenvalue weighted by molar-refractivity contribution is 7.89. The summed E-state index contributed by atoms with van der Waals surface area (Å²) in [7, 11) is -3.74.